The lowest BCUT2D eigenvalue weighted by Crippen LogP contribution is -2.42. The van der Waals surface area contributed by atoms with Crippen molar-refractivity contribution in [2.24, 2.45) is 5.41 Å². The van der Waals surface area contributed by atoms with Crippen LogP contribution in [0.4, 0.5) is 5.69 Å². The van der Waals surface area contributed by atoms with Gasteiger partial charge in [0.1, 0.15) is 5.41 Å². The Balaban J connectivity index is 1.44. The molecular formula is C24H28N2O5. The van der Waals surface area contributed by atoms with Crippen molar-refractivity contribution in [3.8, 4) is 11.5 Å². The van der Waals surface area contributed by atoms with Crippen molar-refractivity contribution in [1.82, 2.24) is 4.90 Å². The SMILES string of the molecule is CCC(CC)(C(=O)O)C(=O)Nc1cccc(CN2CCc3cc4c(cc3C2)OCO4)c1. The molecule has 0 saturated carbocycles. The number of nitrogens with one attached hydrogen (secondary N) is 1. The summed E-state index contributed by atoms with van der Waals surface area (Å²) in [7, 11) is 0. The minimum Gasteiger partial charge on any atom is -0.480 e. The molecule has 4 rings (SSSR count). The molecule has 2 heterocycles. The maximum absolute atomic E-state index is 12.7. The topological polar surface area (TPSA) is 88.1 Å². The van der Waals surface area contributed by atoms with Gasteiger partial charge in [-0.3, -0.25) is 14.5 Å². The molecule has 0 atom stereocenters. The summed E-state index contributed by atoms with van der Waals surface area (Å²) in [6.45, 7) is 6.22. The Morgan fingerprint density at radius 3 is 2.48 bits per heavy atom. The average molecular weight is 424 g/mol. The van der Waals surface area contributed by atoms with E-state index in [0.717, 1.165) is 43.1 Å². The first kappa shape index (κ1) is 21.2. The zero-order valence-corrected chi connectivity index (χ0v) is 17.9. The molecule has 0 unspecified atom stereocenters. The molecule has 1 amide bonds. The summed E-state index contributed by atoms with van der Waals surface area (Å²) in [5.41, 5.74) is 2.83. The number of hydrogen-bond acceptors (Lipinski definition) is 5. The standard InChI is InChI=1S/C24H28N2O5/c1-3-24(4-2,23(28)29)22(27)25-19-7-5-6-16(10-19)13-26-9-8-17-11-20-21(31-15-30-20)12-18(17)14-26/h5-7,10-12H,3-4,8-9,13-15H2,1-2H3,(H,25,27)(H,28,29). The minimum atomic E-state index is -1.40. The summed E-state index contributed by atoms with van der Waals surface area (Å²) in [5.74, 6) is 0.0791. The predicted octanol–water partition coefficient (Wildman–Crippen LogP) is 3.80. The van der Waals surface area contributed by atoms with E-state index in [9.17, 15) is 14.7 Å². The van der Waals surface area contributed by atoms with E-state index < -0.39 is 17.3 Å². The Bertz CT molecular complexity index is 999. The number of carbonyl (C=O) groups excluding carboxylic acids is 1. The summed E-state index contributed by atoms with van der Waals surface area (Å²) in [5, 5.41) is 12.4. The number of carboxylic acid groups (broad SMARTS) is 1. The lowest BCUT2D eigenvalue weighted by Gasteiger charge is -2.29. The maximum atomic E-state index is 12.7. The van der Waals surface area contributed by atoms with Gasteiger partial charge in [-0.1, -0.05) is 26.0 Å². The molecule has 2 aliphatic rings. The molecule has 7 heteroatoms. The van der Waals surface area contributed by atoms with Crippen molar-refractivity contribution in [1.29, 1.82) is 0 Å². The van der Waals surface area contributed by atoms with Gasteiger partial charge in [0.2, 0.25) is 12.7 Å². The largest absolute Gasteiger partial charge is 0.480 e. The number of ether oxygens (including phenoxy) is 2. The number of benzene rings is 2. The number of carbonyl (C=O) groups is 2. The van der Waals surface area contributed by atoms with Crippen LogP contribution < -0.4 is 14.8 Å². The second-order valence-corrected chi connectivity index (χ2v) is 8.18. The smallest absolute Gasteiger partial charge is 0.319 e. The van der Waals surface area contributed by atoms with Crippen LogP contribution >= 0.6 is 0 Å². The van der Waals surface area contributed by atoms with Crippen LogP contribution in [0.3, 0.4) is 0 Å². The summed E-state index contributed by atoms with van der Waals surface area (Å²) in [4.78, 5) is 26.8. The molecule has 0 bridgehead atoms. The number of amides is 1. The van der Waals surface area contributed by atoms with Crippen molar-refractivity contribution < 1.29 is 24.2 Å². The van der Waals surface area contributed by atoms with Gasteiger partial charge in [0.25, 0.3) is 0 Å². The molecule has 0 radical (unpaired) electrons. The molecule has 0 aliphatic carbocycles. The first-order valence-corrected chi connectivity index (χ1v) is 10.7. The maximum Gasteiger partial charge on any atom is 0.319 e. The van der Waals surface area contributed by atoms with Crippen molar-refractivity contribution >= 4 is 17.6 Å². The van der Waals surface area contributed by atoms with E-state index in [1.807, 2.05) is 18.2 Å². The number of carboxylic acids is 1. The van der Waals surface area contributed by atoms with Crippen LogP contribution in [0.1, 0.15) is 43.4 Å². The monoisotopic (exact) mass is 424 g/mol. The van der Waals surface area contributed by atoms with Crippen LogP contribution in [0, 0.1) is 5.41 Å². The van der Waals surface area contributed by atoms with Crippen molar-refractivity contribution in [2.75, 3.05) is 18.7 Å². The first-order valence-electron chi connectivity index (χ1n) is 10.7. The molecular weight excluding hydrogens is 396 g/mol. The van der Waals surface area contributed by atoms with Crippen LogP contribution in [-0.4, -0.2) is 35.2 Å². The molecule has 0 fully saturated rings. The number of anilines is 1. The Hall–Kier alpha value is -3.06. The van der Waals surface area contributed by atoms with Crippen LogP contribution in [0.15, 0.2) is 36.4 Å². The van der Waals surface area contributed by atoms with E-state index in [-0.39, 0.29) is 19.6 Å². The molecule has 2 N–H and O–H groups in total. The Kier molecular flexibility index (Phi) is 5.87. The summed E-state index contributed by atoms with van der Waals surface area (Å²) >= 11 is 0. The molecule has 2 aromatic rings. The van der Waals surface area contributed by atoms with Gasteiger partial charge in [-0.15, -0.1) is 0 Å². The summed E-state index contributed by atoms with van der Waals surface area (Å²) in [6, 6.07) is 11.8. The van der Waals surface area contributed by atoms with E-state index in [1.165, 1.54) is 11.1 Å². The fraction of sp³-hybridized carbons (Fsp3) is 0.417. The van der Waals surface area contributed by atoms with E-state index >= 15 is 0 Å². The highest BCUT2D eigenvalue weighted by Crippen LogP contribution is 2.37. The van der Waals surface area contributed by atoms with Crippen molar-refractivity contribution in [3.63, 3.8) is 0 Å². The van der Waals surface area contributed by atoms with E-state index in [4.69, 9.17) is 9.47 Å². The highest BCUT2D eigenvalue weighted by Gasteiger charge is 2.42. The third kappa shape index (κ3) is 4.10. The summed E-state index contributed by atoms with van der Waals surface area (Å²) in [6.07, 6.45) is 1.43. The second-order valence-electron chi connectivity index (χ2n) is 8.18. The van der Waals surface area contributed by atoms with Crippen LogP contribution in [-0.2, 0) is 29.1 Å². The molecule has 0 spiro atoms. The van der Waals surface area contributed by atoms with Crippen molar-refractivity contribution in [2.45, 2.75) is 46.2 Å². The number of fused-ring (bicyclic) bond motifs is 2. The van der Waals surface area contributed by atoms with Gasteiger partial charge >= 0.3 is 5.97 Å². The minimum absolute atomic E-state index is 0.246. The fourth-order valence-corrected chi connectivity index (χ4v) is 4.37. The Morgan fingerprint density at radius 2 is 1.81 bits per heavy atom. The number of nitrogens with zero attached hydrogens (tertiary/aromatic N) is 1. The van der Waals surface area contributed by atoms with E-state index in [0.29, 0.717) is 5.69 Å². The second kappa shape index (κ2) is 8.59. The first-order chi connectivity index (χ1) is 14.9. The van der Waals surface area contributed by atoms with E-state index in [1.54, 1.807) is 19.9 Å². The zero-order chi connectivity index (χ0) is 22.0. The van der Waals surface area contributed by atoms with Gasteiger partial charge in [-0.05, 0) is 60.2 Å². The molecule has 2 aliphatic heterocycles. The van der Waals surface area contributed by atoms with E-state index in [2.05, 4.69) is 22.3 Å². The quantitative estimate of drug-likeness (QED) is 0.658. The number of hydrogen-bond donors (Lipinski definition) is 2. The normalized spacial score (nSPS) is 15.4. The zero-order valence-electron chi connectivity index (χ0n) is 17.9. The van der Waals surface area contributed by atoms with Gasteiger partial charge in [0.15, 0.2) is 11.5 Å². The van der Waals surface area contributed by atoms with Crippen LogP contribution in [0.25, 0.3) is 0 Å². The highest BCUT2D eigenvalue weighted by molar-refractivity contribution is 6.08. The molecule has 0 aromatic heterocycles. The fourth-order valence-electron chi connectivity index (χ4n) is 4.37. The lowest BCUT2D eigenvalue weighted by molar-refractivity contribution is -0.154. The molecule has 164 valence electrons. The van der Waals surface area contributed by atoms with Gasteiger partial charge in [0, 0.05) is 25.3 Å². The lowest BCUT2D eigenvalue weighted by atomic mass is 9.81. The Morgan fingerprint density at radius 1 is 1.10 bits per heavy atom. The number of aliphatic carboxylic acids is 1. The molecule has 31 heavy (non-hydrogen) atoms. The predicted molar refractivity (Wildman–Crippen MR) is 116 cm³/mol. The van der Waals surface area contributed by atoms with Gasteiger partial charge in [-0.2, -0.15) is 0 Å². The number of rotatable bonds is 7. The highest BCUT2D eigenvalue weighted by atomic mass is 16.7. The molecule has 0 saturated heterocycles. The molecule has 7 nitrogen and oxygen atoms in total. The van der Waals surface area contributed by atoms with Gasteiger partial charge in [-0.25, -0.2) is 0 Å². The Labute approximate surface area is 182 Å². The third-order valence-electron chi connectivity index (χ3n) is 6.43. The average Bonchev–Trinajstić information content (AvgIpc) is 3.20. The van der Waals surface area contributed by atoms with Crippen LogP contribution in [0.2, 0.25) is 0 Å². The van der Waals surface area contributed by atoms with Crippen LogP contribution in [0.5, 0.6) is 11.5 Å². The molecule has 2 aromatic carbocycles. The van der Waals surface area contributed by atoms with Crippen molar-refractivity contribution in [3.05, 3.63) is 53.1 Å². The van der Waals surface area contributed by atoms with Gasteiger partial charge < -0.3 is 19.9 Å². The third-order valence-corrected chi connectivity index (χ3v) is 6.43. The summed E-state index contributed by atoms with van der Waals surface area (Å²) < 4.78 is 11.0. The van der Waals surface area contributed by atoms with Gasteiger partial charge in [0.05, 0.1) is 0 Å².